The minimum Gasteiger partial charge on any atom is -0.461 e. The third-order valence-electron chi connectivity index (χ3n) is 6.48. The van der Waals surface area contributed by atoms with Gasteiger partial charge in [-0.2, -0.15) is 0 Å². The molecular weight excluding hydrogens is 508 g/mol. The Morgan fingerprint density at radius 3 is 1.88 bits per heavy atom. The number of benzene rings is 2. The molecule has 0 radical (unpaired) electrons. The first-order valence-corrected chi connectivity index (χ1v) is 14.3. The normalized spacial score (nSPS) is 12.3. The molecule has 0 unspecified atom stereocenters. The Labute approximate surface area is 238 Å². The molecule has 0 bridgehead atoms. The third-order valence-corrected chi connectivity index (χ3v) is 6.48. The summed E-state index contributed by atoms with van der Waals surface area (Å²) in [5, 5.41) is 5.53. The van der Waals surface area contributed by atoms with Gasteiger partial charge in [0.25, 0.3) is 0 Å². The molecule has 0 aliphatic rings. The smallest absolute Gasteiger partial charge is 0.328 e. The highest BCUT2D eigenvalue weighted by atomic mass is 16.5. The lowest BCUT2D eigenvalue weighted by atomic mass is 10.0. The molecule has 2 rings (SSSR count). The maximum absolute atomic E-state index is 13.2. The van der Waals surface area contributed by atoms with Crippen molar-refractivity contribution in [3.63, 3.8) is 0 Å². The van der Waals surface area contributed by atoms with Crippen molar-refractivity contribution in [1.82, 2.24) is 10.6 Å². The third kappa shape index (κ3) is 12.9. The number of carbonyl (C=O) groups excluding carboxylic acids is 4. The van der Waals surface area contributed by atoms with Crippen LogP contribution in [-0.4, -0.2) is 35.8 Å². The molecule has 0 aromatic heterocycles. The first-order chi connectivity index (χ1) is 19.3. The number of hydrogen-bond acceptors (Lipinski definition) is 6. The van der Waals surface area contributed by atoms with Crippen molar-refractivity contribution in [3.05, 3.63) is 71.8 Å². The molecule has 2 amide bonds. The van der Waals surface area contributed by atoms with Gasteiger partial charge in [0.15, 0.2) is 0 Å². The number of carbonyl (C=O) groups is 4. The van der Waals surface area contributed by atoms with Gasteiger partial charge in [-0.3, -0.25) is 14.4 Å². The van der Waals surface area contributed by atoms with E-state index in [0.717, 1.165) is 43.2 Å². The van der Waals surface area contributed by atoms with E-state index < -0.39 is 29.9 Å². The predicted octanol–water partition coefficient (Wildman–Crippen LogP) is 5.24. The Bertz CT molecular complexity index is 1040. The fraction of sp³-hybridized carbons (Fsp3) is 0.500. The summed E-state index contributed by atoms with van der Waals surface area (Å²) < 4.78 is 10.8. The number of amides is 2. The van der Waals surface area contributed by atoms with E-state index in [0.29, 0.717) is 6.42 Å². The molecule has 0 saturated heterocycles. The van der Waals surface area contributed by atoms with Crippen molar-refractivity contribution in [1.29, 1.82) is 0 Å². The summed E-state index contributed by atoms with van der Waals surface area (Å²) in [6, 6.07) is 16.6. The van der Waals surface area contributed by atoms with Crippen LogP contribution in [0.25, 0.3) is 0 Å². The highest BCUT2D eigenvalue weighted by Gasteiger charge is 2.30. The predicted molar refractivity (Wildman–Crippen MR) is 154 cm³/mol. The Kier molecular flexibility index (Phi) is 15.1. The van der Waals surface area contributed by atoms with Crippen LogP contribution in [0.2, 0.25) is 0 Å². The van der Waals surface area contributed by atoms with Crippen LogP contribution in [0.15, 0.2) is 60.7 Å². The Hall–Kier alpha value is -3.68. The summed E-state index contributed by atoms with van der Waals surface area (Å²) in [7, 11) is 0. The maximum Gasteiger partial charge on any atom is 0.328 e. The molecule has 0 aliphatic heterocycles. The monoisotopic (exact) mass is 552 g/mol. The van der Waals surface area contributed by atoms with E-state index in [9.17, 15) is 19.2 Å². The van der Waals surface area contributed by atoms with Crippen molar-refractivity contribution in [3.8, 4) is 0 Å². The summed E-state index contributed by atoms with van der Waals surface area (Å²) in [4.78, 5) is 51.2. The molecule has 218 valence electrons. The van der Waals surface area contributed by atoms with Crippen LogP contribution in [-0.2, 0) is 41.9 Å². The van der Waals surface area contributed by atoms with Crippen LogP contribution in [0, 0.1) is 5.92 Å². The van der Waals surface area contributed by atoms with Crippen molar-refractivity contribution in [2.75, 3.05) is 0 Å². The van der Waals surface area contributed by atoms with Crippen LogP contribution in [0.3, 0.4) is 0 Å². The molecule has 0 saturated carbocycles. The van der Waals surface area contributed by atoms with Crippen molar-refractivity contribution < 1.29 is 28.7 Å². The van der Waals surface area contributed by atoms with Crippen LogP contribution in [0.1, 0.15) is 83.3 Å². The zero-order chi connectivity index (χ0) is 29.2. The zero-order valence-electron chi connectivity index (χ0n) is 24.0. The minimum absolute atomic E-state index is 0.00315. The van der Waals surface area contributed by atoms with E-state index >= 15 is 0 Å². The fourth-order valence-electron chi connectivity index (χ4n) is 4.08. The van der Waals surface area contributed by atoms with Gasteiger partial charge < -0.3 is 20.1 Å². The van der Waals surface area contributed by atoms with Crippen LogP contribution in [0.5, 0.6) is 0 Å². The van der Waals surface area contributed by atoms with E-state index in [1.165, 1.54) is 0 Å². The summed E-state index contributed by atoms with van der Waals surface area (Å²) in [5.41, 5.74) is 1.65. The Balaban J connectivity index is 1.98. The van der Waals surface area contributed by atoms with Crippen LogP contribution < -0.4 is 10.6 Å². The van der Waals surface area contributed by atoms with E-state index in [1.54, 1.807) is 0 Å². The summed E-state index contributed by atoms with van der Waals surface area (Å²) >= 11 is 0. The van der Waals surface area contributed by atoms with Gasteiger partial charge in [0.05, 0.1) is 0 Å². The lowest BCUT2D eigenvalue weighted by Gasteiger charge is -2.25. The summed E-state index contributed by atoms with van der Waals surface area (Å²) in [6.07, 6.45) is 5.33. The van der Waals surface area contributed by atoms with E-state index in [-0.39, 0.29) is 37.9 Å². The SMILES string of the molecule is CCCCCCCC(=O)N[C@H](C(=O)N[C@@H](CCC(=O)OCc1ccccc1)C(=O)OCc1ccccc1)C(C)C. The summed E-state index contributed by atoms with van der Waals surface area (Å²) in [6.45, 7) is 5.95. The molecule has 2 aromatic carbocycles. The van der Waals surface area contributed by atoms with Crippen molar-refractivity contribution in [2.24, 2.45) is 5.92 Å². The second kappa shape index (κ2) is 18.6. The van der Waals surface area contributed by atoms with Gasteiger partial charge in [-0.25, -0.2) is 4.79 Å². The second-order valence-corrected chi connectivity index (χ2v) is 10.3. The molecular formula is C32H44N2O6. The molecule has 2 atom stereocenters. The highest BCUT2D eigenvalue weighted by molar-refractivity contribution is 5.91. The number of nitrogens with one attached hydrogen (secondary N) is 2. The lowest BCUT2D eigenvalue weighted by molar-refractivity contribution is -0.151. The van der Waals surface area contributed by atoms with Gasteiger partial charge >= 0.3 is 11.9 Å². The first-order valence-electron chi connectivity index (χ1n) is 14.3. The number of hydrogen-bond donors (Lipinski definition) is 2. The molecule has 8 nitrogen and oxygen atoms in total. The average molecular weight is 553 g/mol. The minimum atomic E-state index is -1.08. The van der Waals surface area contributed by atoms with E-state index in [2.05, 4.69) is 17.6 Å². The molecule has 2 aromatic rings. The largest absolute Gasteiger partial charge is 0.461 e. The van der Waals surface area contributed by atoms with Crippen LogP contribution in [0.4, 0.5) is 0 Å². The summed E-state index contributed by atoms with van der Waals surface area (Å²) in [5.74, 6) is -2.04. The zero-order valence-corrected chi connectivity index (χ0v) is 24.0. The molecule has 0 heterocycles. The fourth-order valence-corrected chi connectivity index (χ4v) is 4.08. The van der Waals surface area contributed by atoms with Gasteiger partial charge in [-0.15, -0.1) is 0 Å². The van der Waals surface area contributed by atoms with E-state index in [4.69, 9.17) is 9.47 Å². The molecule has 40 heavy (non-hydrogen) atoms. The van der Waals surface area contributed by atoms with Gasteiger partial charge in [-0.05, 0) is 29.9 Å². The number of rotatable bonds is 18. The highest BCUT2D eigenvalue weighted by Crippen LogP contribution is 2.11. The lowest BCUT2D eigenvalue weighted by Crippen LogP contribution is -2.54. The molecule has 2 N–H and O–H groups in total. The second-order valence-electron chi connectivity index (χ2n) is 10.3. The van der Waals surface area contributed by atoms with Crippen molar-refractivity contribution >= 4 is 23.8 Å². The number of esters is 2. The van der Waals surface area contributed by atoms with Gasteiger partial charge in [0.2, 0.25) is 11.8 Å². The van der Waals surface area contributed by atoms with Gasteiger partial charge in [-0.1, -0.05) is 107 Å². The van der Waals surface area contributed by atoms with E-state index in [1.807, 2.05) is 74.5 Å². The molecule has 0 spiro atoms. The number of unbranched alkanes of at least 4 members (excludes halogenated alkanes) is 4. The first kappa shape index (κ1) is 32.5. The Morgan fingerprint density at radius 1 is 0.725 bits per heavy atom. The Morgan fingerprint density at radius 2 is 1.30 bits per heavy atom. The molecule has 8 heteroatoms. The van der Waals surface area contributed by atoms with Gasteiger partial charge in [0.1, 0.15) is 25.3 Å². The molecule has 0 fully saturated rings. The number of ether oxygens (including phenoxy) is 2. The maximum atomic E-state index is 13.2. The van der Waals surface area contributed by atoms with Crippen LogP contribution >= 0.6 is 0 Å². The van der Waals surface area contributed by atoms with Crippen molar-refractivity contribution in [2.45, 2.75) is 97.4 Å². The topological polar surface area (TPSA) is 111 Å². The van der Waals surface area contributed by atoms with Gasteiger partial charge in [0, 0.05) is 12.8 Å². The quantitative estimate of drug-likeness (QED) is 0.193. The average Bonchev–Trinajstić information content (AvgIpc) is 2.96. The molecule has 0 aliphatic carbocycles. The standard InChI is InChI=1S/C32H44N2O6/c1-4-5-6-7-14-19-28(35)34-30(24(2)3)31(37)33-27(32(38)40-23-26-17-12-9-13-18-26)20-21-29(36)39-22-25-15-10-8-11-16-25/h8-13,15-18,24,27,30H,4-7,14,19-23H2,1-3H3,(H,33,37)(H,34,35)/t27-,30-/m0/s1.